The second kappa shape index (κ2) is 6.43. The van der Waals surface area contributed by atoms with Crippen LogP contribution in [0.3, 0.4) is 0 Å². The van der Waals surface area contributed by atoms with Gasteiger partial charge in [0, 0.05) is 17.5 Å². The summed E-state index contributed by atoms with van der Waals surface area (Å²) in [5, 5.41) is 8.62. The molecule has 0 aliphatic heterocycles. The Kier molecular flexibility index (Phi) is 4.19. The van der Waals surface area contributed by atoms with Crippen LogP contribution in [0.25, 0.3) is 22.2 Å². The molecule has 2 aromatic carbocycles. The number of rotatable bonds is 5. The van der Waals surface area contributed by atoms with Crippen LogP contribution in [0, 0.1) is 0 Å². The maximum Gasteiger partial charge on any atom is 0.241 e. The molecule has 1 aromatic heterocycles. The van der Waals surface area contributed by atoms with Crippen LogP contribution in [0.5, 0.6) is 0 Å². The molecule has 0 atom stereocenters. The molecule has 22 heavy (non-hydrogen) atoms. The lowest BCUT2D eigenvalue weighted by molar-refractivity contribution is -0.121. The zero-order valence-electron chi connectivity index (χ0n) is 12.6. The van der Waals surface area contributed by atoms with Crippen LogP contribution in [-0.2, 0) is 11.3 Å². The molecule has 1 N–H and O–H groups in total. The van der Waals surface area contributed by atoms with Crippen LogP contribution in [0.4, 0.5) is 0 Å². The van der Waals surface area contributed by atoms with E-state index in [-0.39, 0.29) is 12.5 Å². The molecule has 0 radical (unpaired) electrons. The Morgan fingerprint density at radius 3 is 2.59 bits per heavy atom. The van der Waals surface area contributed by atoms with E-state index < -0.39 is 0 Å². The van der Waals surface area contributed by atoms with Crippen LogP contribution in [0.15, 0.2) is 54.6 Å². The number of nitrogens with one attached hydrogen (secondary N) is 1. The van der Waals surface area contributed by atoms with Gasteiger partial charge in [-0.3, -0.25) is 9.48 Å². The zero-order valence-corrected chi connectivity index (χ0v) is 12.6. The highest BCUT2D eigenvalue weighted by Gasteiger charge is 2.13. The summed E-state index contributed by atoms with van der Waals surface area (Å²) in [5.41, 5.74) is 2.96. The molecule has 0 unspecified atom stereocenters. The maximum absolute atomic E-state index is 12.0. The lowest BCUT2D eigenvalue weighted by Gasteiger charge is -2.04. The van der Waals surface area contributed by atoms with Crippen molar-refractivity contribution in [3.63, 3.8) is 0 Å². The van der Waals surface area contributed by atoms with E-state index in [0.29, 0.717) is 6.54 Å². The minimum absolute atomic E-state index is 0.00489. The van der Waals surface area contributed by atoms with Crippen LogP contribution in [-0.4, -0.2) is 22.2 Å². The molecule has 3 rings (SSSR count). The number of aromatic nitrogens is 2. The summed E-state index contributed by atoms with van der Waals surface area (Å²) >= 11 is 0. The Balaban J connectivity index is 2.00. The zero-order chi connectivity index (χ0) is 15.4. The van der Waals surface area contributed by atoms with Gasteiger partial charge in [-0.05, 0) is 12.5 Å². The Hall–Kier alpha value is -2.62. The Labute approximate surface area is 129 Å². The molecule has 0 aliphatic rings. The Morgan fingerprint density at radius 2 is 1.82 bits per heavy atom. The van der Waals surface area contributed by atoms with E-state index in [4.69, 9.17) is 0 Å². The van der Waals surface area contributed by atoms with Crippen molar-refractivity contribution in [1.29, 1.82) is 0 Å². The van der Waals surface area contributed by atoms with Crippen molar-refractivity contribution >= 4 is 16.8 Å². The molecule has 0 spiro atoms. The van der Waals surface area contributed by atoms with E-state index in [9.17, 15) is 4.79 Å². The van der Waals surface area contributed by atoms with Crippen molar-refractivity contribution in [1.82, 2.24) is 15.1 Å². The van der Waals surface area contributed by atoms with Crippen molar-refractivity contribution < 1.29 is 4.79 Å². The number of carbonyl (C=O) groups excluding carboxylic acids is 1. The van der Waals surface area contributed by atoms with E-state index in [1.807, 2.05) is 61.5 Å². The largest absolute Gasteiger partial charge is 0.355 e. The quantitative estimate of drug-likeness (QED) is 0.785. The summed E-state index contributed by atoms with van der Waals surface area (Å²) in [6, 6.07) is 18.1. The molecule has 1 amide bonds. The predicted octanol–water partition coefficient (Wildman–Crippen LogP) is 3.23. The van der Waals surface area contributed by atoms with Gasteiger partial charge in [0.2, 0.25) is 5.91 Å². The van der Waals surface area contributed by atoms with Crippen molar-refractivity contribution in [3.8, 4) is 11.3 Å². The van der Waals surface area contributed by atoms with Gasteiger partial charge in [-0.25, -0.2) is 0 Å². The number of carbonyl (C=O) groups is 1. The molecule has 0 saturated heterocycles. The van der Waals surface area contributed by atoms with Crippen LogP contribution in [0.1, 0.15) is 13.3 Å². The van der Waals surface area contributed by atoms with E-state index in [0.717, 1.165) is 28.6 Å². The number of benzene rings is 2. The Morgan fingerprint density at radius 1 is 1.09 bits per heavy atom. The molecule has 0 fully saturated rings. The van der Waals surface area contributed by atoms with Gasteiger partial charge < -0.3 is 5.32 Å². The average Bonchev–Trinajstić information content (AvgIpc) is 2.93. The summed E-state index contributed by atoms with van der Waals surface area (Å²) in [7, 11) is 0. The molecule has 0 aliphatic carbocycles. The van der Waals surface area contributed by atoms with Gasteiger partial charge in [-0.1, -0.05) is 55.5 Å². The molecule has 0 bridgehead atoms. The highest BCUT2D eigenvalue weighted by molar-refractivity contribution is 5.94. The molecule has 1 heterocycles. The lowest BCUT2D eigenvalue weighted by atomic mass is 10.1. The van der Waals surface area contributed by atoms with Crippen molar-refractivity contribution in [2.24, 2.45) is 0 Å². The highest BCUT2D eigenvalue weighted by atomic mass is 16.2. The molecule has 4 nitrogen and oxygen atoms in total. The summed E-state index contributed by atoms with van der Waals surface area (Å²) < 4.78 is 1.78. The third-order valence-corrected chi connectivity index (χ3v) is 3.57. The second-order valence-corrected chi connectivity index (χ2v) is 5.24. The summed E-state index contributed by atoms with van der Waals surface area (Å²) in [6.07, 6.45) is 0.931. The lowest BCUT2D eigenvalue weighted by Crippen LogP contribution is -2.28. The molecular weight excluding hydrogens is 274 g/mol. The van der Waals surface area contributed by atoms with Crippen molar-refractivity contribution in [3.05, 3.63) is 54.6 Å². The fourth-order valence-corrected chi connectivity index (χ4v) is 2.51. The summed E-state index contributed by atoms with van der Waals surface area (Å²) in [5.74, 6) is -0.00489. The number of nitrogens with zero attached hydrogens (tertiary/aromatic N) is 2. The number of para-hydroxylation sites is 1. The van der Waals surface area contributed by atoms with Crippen LogP contribution < -0.4 is 5.32 Å². The number of fused-ring (bicyclic) bond motifs is 1. The fraction of sp³-hybridized carbons (Fsp3) is 0.222. The highest BCUT2D eigenvalue weighted by Crippen LogP contribution is 2.27. The molecule has 3 aromatic rings. The summed E-state index contributed by atoms with van der Waals surface area (Å²) in [6.45, 7) is 2.98. The Bertz CT molecular complexity index is 777. The first-order valence-electron chi connectivity index (χ1n) is 7.57. The van der Waals surface area contributed by atoms with Crippen molar-refractivity contribution in [2.75, 3.05) is 6.54 Å². The maximum atomic E-state index is 12.0. The van der Waals surface area contributed by atoms with Crippen LogP contribution in [0.2, 0.25) is 0 Å². The van der Waals surface area contributed by atoms with E-state index in [1.54, 1.807) is 4.68 Å². The molecule has 112 valence electrons. The molecular formula is C18H19N3O. The average molecular weight is 293 g/mol. The van der Waals surface area contributed by atoms with E-state index in [2.05, 4.69) is 10.4 Å². The van der Waals surface area contributed by atoms with Gasteiger partial charge in [-0.2, -0.15) is 5.10 Å². The number of hydrogen-bond acceptors (Lipinski definition) is 2. The minimum atomic E-state index is -0.00489. The van der Waals surface area contributed by atoms with Gasteiger partial charge >= 0.3 is 0 Å². The smallest absolute Gasteiger partial charge is 0.241 e. The number of amides is 1. The first kappa shape index (κ1) is 14.3. The third-order valence-electron chi connectivity index (χ3n) is 3.57. The fourth-order valence-electron chi connectivity index (χ4n) is 2.51. The van der Waals surface area contributed by atoms with Gasteiger partial charge in [0.05, 0.1) is 5.52 Å². The normalized spacial score (nSPS) is 10.8. The monoisotopic (exact) mass is 293 g/mol. The minimum Gasteiger partial charge on any atom is -0.355 e. The van der Waals surface area contributed by atoms with Gasteiger partial charge in [0.1, 0.15) is 12.2 Å². The molecule has 4 heteroatoms. The number of hydrogen-bond donors (Lipinski definition) is 1. The van der Waals surface area contributed by atoms with E-state index in [1.165, 1.54) is 0 Å². The van der Waals surface area contributed by atoms with Crippen LogP contribution >= 0.6 is 0 Å². The van der Waals surface area contributed by atoms with Gasteiger partial charge in [-0.15, -0.1) is 0 Å². The van der Waals surface area contributed by atoms with Gasteiger partial charge in [0.15, 0.2) is 0 Å². The SMILES string of the molecule is CCCNC(=O)Cn1nc(-c2ccccc2)c2ccccc21. The first-order chi connectivity index (χ1) is 10.8. The topological polar surface area (TPSA) is 46.9 Å². The summed E-state index contributed by atoms with van der Waals surface area (Å²) in [4.78, 5) is 12.0. The predicted molar refractivity (Wildman–Crippen MR) is 88.5 cm³/mol. The second-order valence-electron chi connectivity index (χ2n) is 5.24. The first-order valence-corrected chi connectivity index (χ1v) is 7.57. The third kappa shape index (κ3) is 2.86. The van der Waals surface area contributed by atoms with E-state index >= 15 is 0 Å². The molecule has 0 saturated carbocycles. The standard InChI is InChI=1S/C18H19N3O/c1-2-12-19-17(22)13-21-16-11-7-6-10-15(16)18(20-21)14-8-4-3-5-9-14/h3-11H,2,12-13H2,1H3,(H,19,22). The van der Waals surface area contributed by atoms with Gasteiger partial charge in [0.25, 0.3) is 0 Å². The van der Waals surface area contributed by atoms with Crippen molar-refractivity contribution in [2.45, 2.75) is 19.9 Å².